The minimum Gasteiger partial charge on any atom is -0.508 e. The van der Waals surface area contributed by atoms with Gasteiger partial charge in [0.05, 0.1) is 17.5 Å². The normalized spacial score (nSPS) is 23.2. The number of carbonyl (C=O) groups excluding carboxylic acids is 1. The van der Waals surface area contributed by atoms with Gasteiger partial charge >= 0.3 is 0 Å². The van der Waals surface area contributed by atoms with E-state index in [4.69, 9.17) is 4.98 Å². The Kier molecular flexibility index (Phi) is 7.16. The highest BCUT2D eigenvalue weighted by atomic mass is 16.3. The molecule has 3 aliphatic heterocycles. The average molecular weight is 602 g/mol. The van der Waals surface area contributed by atoms with E-state index in [2.05, 4.69) is 80.9 Å². The lowest BCUT2D eigenvalue weighted by atomic mass is 9.70. The van der Waals surface area contributed by atoms with E-state index in [-0.39, 0.29) is 17.1 Å². The number of nitrogens with zero attached hydrogens (tertiary/aromatic N) is 4. The predicted molar refractivity (Wildman–Crippen MR) is 178 cm³/mol. The molecular formula is C38H43N5O2. The predicted octanol–water partition coefficient (Wildman–Crippen LogP) is 6.89. The number of hydrogen-bond acceptors (Lipinski definition) is 4. The van der Waals surface area contributed by atoms with Crippen LogP contribution >= 0.6 is 0 Å². The molecule has 232 valence electrons. The minimum atomic E-state index is 0.0814. The number of aromatic hydroxyl groups is 1. The molecule has 5 aromatic rings. The number of carbonyl (C=O) groups is 1. The molecule has 0 saturated carbocycles. The summed E-state index contributed by atoms with van der Waals surface area (Å²) in [7, 11) is 0. The second kappa shape index (κ2) is 11.4. The van der Waals surface area contributed by atoms with Crippen LogP contribution in [0.5, 0.6) is 5.75 Å². The maximum Gasteiger partial charge on any atom is 0.227 e. The SMILES string of the molecule is Cc1nc2ccccc2n1C1C[C@H]2CC[C@@H](C1)N2CCC1(c2ccccc2)CCN(C(=O)Cc2c[nH]c3ccc(O)cc23)CC1. The molecule has 8 rings (SSSR count). The fourth-order valence-electron chi connectivity index (χ4n) is 9.04. The van der Waals surface area contributed by atoms with Crippen LogP contribution in [0.2, 0.25) is 0 Å². The van der Waals surface area contributed by atoms with Gasteiger partial charge in [0.25, 0.3) is 0 Å². The highest BCUT2D eigenvalue weighted by molar-refractivity contribution is 5.89. The number of H-pyrrole nitrogens is 1. The van der Waals surface area contributed by atoms with E-state index in [1.54, 1.807) is 12.1 Å². The van der Waals surface area contributed by atoms with Crippen molar-refractivity contribution in [3.63, 3.8) is 0 Å². The Balaban J connectivity index is 0.958. The first-order chi connectivity index (χ1) is 22.0. The zero-order chi connectivity index (χ0) is 30.5. The van der Waals surface area contributed by atoms with Crippen molar-refractivity contribution in [1.82, 2.24) is 24.3 Å². The molecule has 0 aliphatic carbocycles. The monoisotopic (exact) mass is 601 g/mol. The zero-order valence-electron chi connectivity index (χ0n) is 26.2. The van der Waals surface area contributed by atoms with Gasteiger partial charge in [-0.05, 0) is 105 Å². The first-order valence-electron chi connectivity index (χ1n) is 16.8. The van der Waals surface area contributed by atoms with Gasteiger partial charge < -0.3 is 19.6 Å². The van der Waals surface area contributed by atoms with Crippen molar-refractivity contribution >= 4 is 27.8 Å². The standard InChI is InChI=1S/C38H43N5O2/c1-26-40-35-9-5-6-10-36(35)43(26)31-22-29-11-12-30(23-31)42(29)20-17-38(28-7-3-2-4-8-28)15-18-41(19-16-38)37(45)21-27-25-39-34-14-13-32(44)24-33(27)34/h2-10,13-14,24-25,29-31,39,44H,11-12,15-23H2,1H3/t29-,30+,31?. The highest BCUT2D eigenvalue weighted by Crippen LogP contribution is 2.45. The molecule has 45 heavy (non-hydrogen) atoms. The van der Waals surface area contributed by atoms with Gasteiger partial charge in [-0.3, -0.25) is 9.69 Å². The Bertz CT molecular complexity index is 1820. The van der Waals surface area contributed by atoms with E-state index in [0.29, 0.717) is 24.5 Å². The zero-order valence-corrected chi connectivity index (χ0v) is 26.2. The summed E-state index contributed by atoms with van der Waals surface area (Å²) in [5.41, 5.74) is 5.79. The molecule has 0 spiro atoms. The summed E-state index contributed by atoms with van der Waals surface area (Å²) in [6.07, 6.45) is 10.4. The summed E-state index contributed by atoms with van der Waals surface area (Å²) >= 11 is 0. The van der Waals surface area contributed by atoms with E-state index < -0.39 is 0 Å². The molecule has 3 atom stereocenters. The molecule has 3 aliphatic rings. The number of fused-ring (bicyclic) bond motifs is 4. The summed E-state index contributed by atoms with van der Waals surface area (Å²) in [5.74, 6) is 1.54. The molecule has 3 fully saturated rings. The second-order valence-electron chi connectivity index (χ2n) is 13.8. The Morgan fingerprint density at radius 3 is 2.47 bits per heavy atom. The number of rotatable bonds is 7. The number of piperidine rings is 2. The third kappa shape index (κ3) is 5.11. The Morgan fingerprint density at radius 2 is 1.69 bits per heavy atom. The van der Waals surface area contributed by atoms with Crippen molar-refractivity contribution in [1.29, 1.82) is 0 Å². The molecule has 0 radical (unpaired) electrons. The molecule has 1 amide bonds. The Labute approximate surface area is 264 Å². The van der Waals surface area contributed by atoms with Crippen LogP contribution in [0.4, 0.5) is 0 Å². The van der Waals surface area contributed by atoms with Crippen LogP contribution in [0, 0.1) is 6.92 Å². The number of para-hydroxylation sites is 2. The van der Waals surface area contributed by atoms with E-state index in [9.17, 15) is 9.90 Å². The maximum absolute atomic E-state index is 13.5. The van der Waals surface area contributed by atoms with Gasteiger partial charge in [0, 0.05) is 48.3 Å². The molecule has 7 heteroatoms. The van der Waals surface area contributed by atoms with Gasteiger partial charge in [-0.15, -0.1) is 0 Å². The molecule has 2 bridgehead atoms. The number of aromatic amines is 1. The first-order valence-corrected chi connectivity index (χ1v) is 16.8. The fourth-order valence-corrected chi connectivity index (χ4v) is 9.04. The molecule has 3 aromatic carbocycles. The van der Waals surface area contributed by atoms with Crippen LogP contribution in [0.25, 0.3) is 21.9 Å². The van der Waals surface area contributed by atoms with Crippen molar-refractivity contribution < 1.29 is 9.90 Å². The van der Waals surface area contributed by atoms with Gasteiger partial charge in [-0.25, -0.2) is 4.98 Å². The van der Waals surface area contributed by atoms with Gasteiger partial charge in [0.15, 0.2) is 0 Å². The number of likely N-dealkylation sites (tertiary alicyclic amines) is 1. The average Bonchev–Trinajstić information content (AvgIpc) is 3.69. The number of amides is 1. The van der Waals surface area contributed by atoms with Crippen molar-refractivity contribution in [3.05, 3.63) is 95.9 Å². The number of aryl methyl sites for hydroxylation is 1. The number of hydrogen-bond donors (Lipinski definition) is 2. The highest BCUT2D eigenvalue weighted by Gasteiger charge is 2.44. The quantitative estimate of drug-likeness (QED) is 0.213. The van der Waals surface area contributed by atoms with Crippen LogP contribution in [-0.2, 0) is 16.6 Å². The number of aromatic nitrogens is 3. The van der Waals surface area contributed by atoms with Crippen molar-refractivity contribution in [3.8, 4) is 5.75 Å². The van der Waals surface area contributed by atoms with Gasteiger partial charge in [0.1, 0.15) is 11.6 Å². The second-order valence-corrected chi connectivity index (χ2v) is 13.8. The number of phenolic OH excluding ortho intramolecular Hbond substituents is 1. The lowest BCUT2D eigenvalue weighted by Crippen LogP contribution is -2.49. The summed E-state index contributed by atoms with van der Waals surface area (Å²) in [4.78, 5) is 26.6. The number of benzene rings is 3. The van der Waals surface area contributed by atoms with E-state index in [1.165, 1.54) is 36.8 Å². The molecule has 3 saturated heterocycles. The molecule has 5 heterocycles. The number of imidazole rings is 1. The number of nitrogens with one attached hydrogen (secondary N) is 1. The third-order valence-electron chi connectivity index (χ3n) is 11.4. The van der Waals surface area contributed by atoms with Crippen molar-refractivity contribution in [2.45, 2.75) is 81.8 Å². The smallest absolute Gasteiger partial charge is 0.227 e. The van der Waals surface area contributed by atoms with Crippen LogP contribution in [0.3, 0.4) is 0 Å². The summed E-state index contributed by atoms with van der Waals surface area (Å²) in [6, 6.07) is 26.7. The van der Waals surface area contributed by atoms with Crippen LogP contribution in [0.15, 0.2) is 79.0 Å². The van der Waals surface area contributed by atoms with Gasteiger partial charge in [-0.1, -0.05) is 42.5 Å². The lowest BCUT2D eigenvalue weighted by molar-refractivity contribution is -0.132. The van der Waals surface area contributed by atoms with Gasteiger partial charge in [0.2, 0.25) is 5.91 Å². The molecule has 7 nitrogen and oxygen atoms in total. The largest absolute Gasteiger partial charge is 0.508 e. The maximum atomic E-state index is 13.5. The van der Waals surface area contributed by atoms with Crippen LogP contribution in [-0.4, -0.2) is 67.1 Å². The van der Waals surface area contributed by atoms with Gasteiger partial charge in [-0.2, -0.15) is 0 Å². The summed E-state index contributed by atoms with van der Waals surface area (Å²) in [5, 5.41) is 10.9. The fraction of sp³-hybridized carbons (Fsp3) is 0.421. The van der Waals surface area contributed by atoms with Crippen LogP contribution < -0.4 is 0 Å². The van der Waals surface area contributed by atoms with E-state index in [1.807, 2.05) is 12.3 Å². The van der Waals surface area contributed by atoms with E-state index in [0.717, 1.165) is 66.7 Å². The summed E-state index contributed by atoms with van der Waals surface area (Å²) in [6.45, 7) is 4.85. The molecule has 1 unspecified atom stereocenters. The topological polar surface area (TPSA) is 77.4 Å². The summed E-state index contributed by atoms with van der Waals surface area (Å²) < 4.78 is 2.52. The van der Waals surface area contributed by atoms with Crippen molar-refractivity contribution in [2.75, 3.05) is 19.6 Å². The van der Waals surface area contributed by atoms with Crippen LogP contribution in [0.1, 0.15) is 67.9 Å². The molecular weight excluding hydrogens is 558 g/mol. The molecule has 2 aromatic heterocycles. The van der Waals surface area contributed by atoms with E-state index >= 15 is 0 Å². The molecule has 2 N–H and O–H groups in total. The first kappa shape index (κ1) is 28.4. The third-order valence-corrected chi connectivity index (χ3v) is 11.4. The Hall–Kier alpha value is -4.10. The van der Waals surface area contributed by atoms with Crippen molar-refractivity contribution in [2.24, 2.45) is 0 Å². The number of phenols is 1. The minimum absolute atomic E-state index is 0.0814. The lowest BCUT2D eigenvalue weighted by Gasteiger charge is -2.45. The Morgan fingerprint density at radius 1 is 0.956 bits per heavy atom.